The molecule has 2 amide bonds. The van der Waals surface area contributed by atoms with Gasteiger partial charge in [0, 0.05) is 47.9 Å². The number of hydrogen-bond donors (Lipinski definition) is 3. The smallest absolute Gasteiger partial charge is 0.253 e. The van der Waals surface area contributed by atoms with Crippen molar-refractivity contribution >= 4 is 23.2 Å². The number of thiazole rings is 1. The second-order valence-corrected chi connectivity index (χ2v) is 11.1. The number of aliphatic hydroxyl groups excluding tert-OH is 1. The number of halogens is 1. The van der Waals surface area contributed by atoms with Gasteiger partial charge in [-0.05, 0) is 50.1 Å². The lowest BCUT2D eigenvalue weighted by Crippen LogP contribution is -2.48. The maximum Gasteiger partial charge on any atom is 0.253 e. The fourth-order valence-corrected chi connectivity index (χ4v) is 5.33. The zero-order valence-electron chi connectivity index (χ0n) is 23.4. The van der Waals surface area contributed by atoms with Crippen molar-refractivity contribution in [3.05, 3.63) is 123 Å². The molecule has 0 aliphatic carbocycles. The van der Waals surface area contributed by atoms with Gasteiger partial charge in [0.25, 0.3) is 11.8 Å². The summed E-state index contributed by atoms with van der Waals surface area (Å²) in [7, 11) is 1.70. The number of carbonyl (C=O) groups is 2. The Labute approximate surface area is 244 Å². The van der Waals surface area contributed by atoms with Gasteiger partial charge >= 0.3 is 0 Å². The number of hydrogen-bond acceptors (Lipinski definition) is 6. The van der Waals surface area contributed by atoms with Crippen LogP contribution in [-0.2, 0) is 19.5 Å². The van der Waals surface area contributed by atoms with Crippen LogP contribution in [0.5, 0.6) is 0 Å². The molecule has 4 aromatic rings. The molecular weight excluding hydrogens is 539 g/mol. The van der Waals surface area contributed by atoms with Crippen LogP contribution < -0.4 is 10.6 Å². The summed E-state index contributed by atoms with van der Waals surface area (Å²) in [5.74, 6) is -0.933. The van der Waals surface area contributed by atoms with Crippen LogP contribution in [-0.4, -0.2) is 52.5 Å². The molecule has 0 spiro atoms. The Balaban J connectivity index is 1.43. The normalized spacial score (nSPS) is 12.5. The lowest BCUT2D eigenvalue weighted by molar-refractivity contribution is 0.0784. The number of aliphatic hydroxyl groups is 1. The first-order valence-corrected chi connectivity index (χ1v) is 14.3. The van der Waals surface area contributed by atoms with Gasteiger partial charge in [-0.2, -0.15) is 0 Å². The quantitative estimate of drug-likeness (QED) is 0.229. The van der Waals surface area contributed by atoms with Gasteiger partial charge in [-0.3, -0.25) is 9.59 Å². The molecule has 0 aliphatic rings. The van der Waals surface area contributed by atoms with Crippen molar-refractivity contribution in [2.75, 3.05) is 13.6 Å². The van der Waals surface area contributed by atoms with E-state index >= 15 is 0 Å². The molecule has 0 radical (unpaired) electrons. The fourth-order valence-electron chi connectivity index (χ4n) is 4.50. The van der Waals surface area contributed by atoms with Crippen molar-refractivity contribution in [3.63, 3.8) is 0 Å². The van der Waals surface area contributed by atoms with Gasteiger partial charge in [0.15, 0.2) is 0 Å². The summed E-state index contributed by atoms with van der Waals surface area (Å²) in [6, 6.07) is 20.4. The van der Waals surface area contributed by atoms with Crippen molar-refractivity contribution in [3.8, 4) is 0 Å². The number of aryl methyl sites for hydroxylation is 2. The molecule has 2 atom stereocenters. The van der Waals surface area contributed by atoms with Crippen LogP contribution in [0.4, 0.5) is 4.39 Å². The SMILES string of the molecule is Cc1ccc(F)c(CNC[C@@H](O)[C@H](Cc2ccccc2)NC(=O)c2cccc(C(=O)N(C)Cc3nc(C)cs3)c2)c1. The number of aromatic nitrogens is 1. The highest BCUT2D eigenvalue weighted by Crippen LogP contribution is 2.15. The Hall–Kier alpha value is -3.92. The van der Waals surface area contributed by atoms with E-state index < -0.39 is 18.1 Å². The zero-order chi connectivity index (χ0) is 29.4. The van der Waals surface area contributed by atoms with Gasteiger partial charge in [-0.1, -0.05) is 54.1 Å². The van der Waals surface area contributed by atoms with E-state index in [1.807, 2.05) is 49.6 Å². The number of rotatable bonds is 12. The average molecular weight is 575 g/mol. The van der Waals surface area contributed by atoms with Gasteiger partial charge in [0.1, 0.15) is 10.8 Å². The third kappa shape index (κ3) is 8.53. The molecule has 0 saturated heterocycles. The van der Waals surface area contributed by atoms with E-state index in [1.165, 1.54) is 17.4 Å². The van der Waals surface area contributed by atoms with Gasteiger partial charge < -0.3 is 20.6 Å². The first kappa shape index (κ1) is 30.0. The topological polar surface area (TPSA) is 94.6 Å². The highest BCUT2D eigenvalue weighted by molar-refractivity contribution is 7.09. The van der Waals surface area contributed by atoms with Crippen LogP contribution in [0.25, 0.3) is 0 Å². The first-order chi connectivity index (χ1) is 19.7. The monoisotopic (exact) mass is 574 g/mol. The third-order valence-corrected chi connectivity index (χ3v) is 7.66. The van der Waals surface area contributed by atoms with E-state index in [9.17, 15) is 19.1 Å². The van der Waals surface area contributed by atoms with E-state index in [0.29, 0.717) is 29.7 Å². The molecule has 4 rings (SSSR count). The van der Waals surface area contributed by atoms with E-state index in [2.05, 4.69) is 15.6 Å². The van der Waals surface area contributed by atoms with E-state index in [0.717, 1.165) is 21.8 Å². The van der Waals surface area contributed by atoms with Gasteiger partial charge in [-0.15, -0.1) is 11.3 Å². The van der Waals surface area contributed by atoms with Crippen LogP contribution in [0.2, 0.25) is 0 Å². The molecule has 0 unspecified atom stereocenters. The molecule has 0 fully saturated rings. The number of benzene rings is 3. The van der Waals surface area contributed by atoms with Crippen LogP contribution in [0.3, 0.4) is 0 Å². The molecule has 1 heterocycles. The Morgan fingerprint density at radius 2 is 1.78 bits per heavy atom. The predicted octanol–water partition coefficient (Wildman–Crippen LogP) is 4.66. The standard InChI is InChI=1S/C32H35FN4O3S/c1-21-12-13-27(33)26(14-21)17-34-18-29(38)28(15-23-8-5-4-6-9-23)36-31(39)24-10-7-11-25(16-24)32(40)37(3)19-30-35-22(2)20-41-30/h4-14,16,20,28-29,34,38H,15,17-19H2,1-3H3,(H,36,39)/t28-,29+/m0/s1. The molecule has 0 aliphatic heterocycles. The maximum atomic E-state index is 14.2. The third-order valence-electron chi connectivity index (χ3n) is 6.71. The summed E-state index contributed by atoms with van der Waals surface area (Å²) in [5, 5.41) is 19.9. The molecule has 3 aromatic carbocycles. The van der Waals surface area contributed by atoms with Crippen LogP contribution in [0.1, 0.15) is 48.1 Å². The Morgan fingerprint density at radius 1 is 1.02 bits per heavy atom. The molecule has 7 nitrogen and oxygen atoms in total. The van der Waals surface area contributed by atoms with Crippen molar-refractivity contribution in [1.29, 1.82) is 0 Å². The molecule has 9 heteroatoms. The van der Waals surface area contributed by atoms with E-state index in [4.69, 9.17) is 0 Å². The second-order valence-electron chi connectivity index (χ2n) is 10.2. The maximum absolute atomic E-state index is 14.2. The van der Waals surface area contributed by atoms with Crippen molar-refractivity contribution < 1.29 is 19.1 Å². The Kier molecular flexibility index (Phi) is 10.3. The average Bonchev–Trinajstić information content (AvgIpc) is 3.38. The zero-order valence-corrected chi connectivity index (χ0v) is 24.2. The van der Waals surface area contributed by atoms with Gasteiger partial charge in [0.05, 0.1) is 18.7 Å². The molecule has 214 valence electrons. The fraction of sp³-hybridized carbons (Fsp3) is 0.281. The minimum absolute atomic E-state index is 0.144. The van der Waals surface area contributed by atoms with E-state index in [1.54, 1.807) is 48.3 Å². The minimum Gasteiger partial charge on any atom is -0.390 e. The summed E-state index contributed by atoms with van der Waals surface area (Å²) in [4.78, 5) is 32.4. The molecule has 1 aromatic heterocycles. The molecular formula is C32H35FN4O3S. The molecule has 3 N–H and O–H groups in total. The van der Waals surface area contributed by atoms with Crippen molar-refractivity contribution in [2.45, 2.75) is 45.5 Å². The van der Waals surface area contributed by atoms with Gasteiger partial charge in [0.2, 0.25) is 0 Å². The lowest BCUT2D eigenvalue weighted by atomic mass is 10.00. The summed E-state index contributed by atoms with van der Waals surface area (Å²) >= 11 is 1.50. The van der Waals surface area contributed by atoms with Crippen LogP contribution in [0, 0.1) is 19.7 Å². The van der Waals surface area contributed by atoms with Crippen molar-refractivity contribution in [2.24, 2.45) is 0 Å². The Bertz CT molecular complexity index is 1480. The number of carbonyl (C=O) groups excluding carboxylic acids is 2. The lowest BCUT2D eigenvalue weighted by Gasteiger charge is -2.25. The molecule has 0 bridgehead atoms. The predicted molar refractivity (Wildman–Crippen MR) is 159 cm³/mol. The van der Waals surface area contributed by atoms with Crippen LogP contribution >= 0.6 is 11.3 Å². The largest absolute Gasteiger partial charge is 0.390 e. The minimum atomic E-state index is -0.954. The summed E-state index contributed by atoms with van der Waals surface area (Å²) < 4.78 is 14.2. The first-order valence-electron chi connectivity index (χ1n) is 13.4. The highest BCUT2D eigenvalue weighted by atomic mass is 32.1. The Morgan fingerprint density at radius 3 is 2.51 bits per heavy atom. The summed E-state index contributed by atoms with van der Waals surface area (Å²) in [6.07, 6.45) is -0.562. The summed E-state index contributed by atoms with van der Waals surface area (Å²) in [6.45, 7) is 4.57. The summed E-state index contributed by atoms with van der Waals surface area (Å²) in [5.41, 5.74) is 4.02. The number of amides is 2. The highest BCUT2D eigenvalue weighted by Gasteiger charge is 2.23. The van der Waals surface area contributed by atoms with Gasteiger partial charge in [-0.25, -0.2) is 9.37 Å². The van der Waals surface area contributed by atoms with Crippen LogP contribution in [0.15, 0.2) is 78.2 Å². The number of nitrogens with zero attached hydrogens (tertiary/aromatic N) is 2. The molecule has 0 saturated carbocycles. The molecule has 41 heavy (non-hydrogen) atoms. The van der Waals surface area contributed by atoms with Crippen molar-refractivity contribution in [1.82, 2.24) is 20.5 Å². The van der Waals surface area contributed by atoms with E-state index in [-0.39, 0.29) is 24.8 Å². The second kappa shape index (κ2) is 14.1. The number of nitrogens with one attached hydrogen (secondary N) is 2.